The van der Waals surface area contributed by atoms with Crippen molar-refractivity contribution in [1.29, 1.82) is 0 Å². The number of nitrogens with zero attached hydrogens (tertiary/aromatic N) is 4. The minimum Gasteiger partial charge on any atom is -0.334 e. The Bertz CT molecular complexity index is 955. The first-order chi connectivity index (χ1) is 12.6. The van der Waals surface area contributed by atoms with Crippen LogP contribution in [0.5, 0.6) is 0 Å². The molecule has 9 heteroatoms. The standard InChI is InChI=1S/C17H18N4O3S2/c22-26(23,16-6-3-11-25-16)21-10-2-5-14(21)7-8-15-19-17(24-20-15)13-4-1-9-18-12-13/h1,3-4,6,9,11-12,14H,2,5,7-8,10H2. The van der Waals surface area contributed by atoms with Crippen molar-refractivity contribution in [3.8, 4) is 11.5 Å². The Balaban J connectivity index is 1.44. The molecule has 1 unspecified atom stereocenters. The molecule has 0 aromatic carbocycles. The molecule has 26 heavy (non-hydrogen) atoms. The van der Waals surface area contributed by atoms with Gasteiger partial charge in [0.05, 0.1) is 5.56 Å². The van der Waals surface area contributed by atoms with Crippen molar-refractivity contribution in [1.82, 2.24) is 19.4 Å². The van der Waals surface area contributed by atoms with Crippen LogP contribution in [0.4, 0.5) is 0 Å². The molecule has 0 radical (unpaired) electrons. The molecule has 0 amide bonds. The maximum absolute atomic E-state index is 12.8. The molecular weight excluding hydrogens is 372 g/mol. The number of thiophene rings is 1. The van der Waals surface area contributed by atoms with Crippen LogP contribution in [0, 0.1) is 0 Å². The Morgan fingerprint density at radius 1 is 1.31 bits per heavy atom. The molecule has 4 heterocycles. The molecule has 1 atom stereocenters. The average Bonchev–Trinajstić information content (AvgIpc) is 3.42. The normalized spacial score (nSPS) is 18.4. The van der Waals surface area contributed by atoms with Gasteiger partial charge in [-0.05, 0) is 42.8 Å². The van der Waals surface area contributed by atoms with Crippen LogP contribution in [-0.2, 0) is 16.4 Å². The highest BCUT2D eigenvalue weighted by atomic mass is 32.2. The van der Waals surface area contributed by atoms with Crippen molar-refractivity contribution in [3.63, 3.8) is 0 Å². The fraction of sp³-hybridized carbons (Fsp3) is 0.353. The van der Waals surface area contributed by atoms with E-state index in [-0.39, 0.29) is 6.04 Å². The average molecular weight is 390 g/mol. The van der Waals surface area contributed by atoms with E-state index in [1.807, 2.05) is 12.1 Å². The molecule has 1 aliphatic heterocycles. The zero-order chi connectivity index (χ0) is 18.0. The van der Waals surface area contributed by atoms with Crippen LogP contribution >= 0.6 is 11.3 Å². The van der Waals surface area contributed by atoms with Crippen LogP contribution in [0.15, 0.2) is 50.8 Å². The molecule has 0 aliphatic carbocycles. The lowest BCUT2D eigenvalue weighted by Crippen LogP contribution is -2.35. The Hall–Kier alpha value is -2.10. The van der Waals surface area contributed by atoms with Gasteiger partial charge in [-0.2, -0.15) is 9.29 Å². The van der Waals surface area contributed by atoms with Crippen LogP contribution in [-0.4, -0.2) is 40.4 Å². The number of hydrogen-bond acceptors (Lipinski definition) is 7. The van der Waals surface area contributed by atoms with E-state index in [1.54, 1.807) is 34.2 Å². The third-order valence-corrected chi connectivity index (χ3v) is 7.78. The molecule has 3 aromatic heterocycles. The Morgan fingerprint density at radius 2 is 2.23 bits per heavy atom. The Labute approximate surface area is 155 Å². The van der Waals surface area contributed by atoms with E-state index in [4.69, 9.17) is 4.52 Å². The number of rotatable bonds is 6. The van der Waals surface area contributed by atoms with Gasteiger partial charge in [0.15, 0.2) is 5.82 Å². The maximum Gasteiger partial charge on any atom is 0.259 e. The monoisotopic (exact) mass is 390 g/mol. The molecule has 0 spiro atoms. The Kier molecular flexibility index (Phi) is 4.84. The number of aryl methyl sites for hydroxylation is 1. The maximum atomic E-state index is 12.8. The van der Waals surface area contributed by atoms with Crippen molar-refractivity contribution in [3.05, 3.63) is 47.9 Å². The molecule has 3 aromatic rings. The van der Waals surface area contributed by atoms with Crippen LogP contribution < -0.4 is 0 Å². The highest BCUT2D eigenvalue weighted by Crippen LogP contribution is 2.30. The molecular formula is C17H18N4O3S2. The SMILES string of the molecule is O=S(=O)(c1cccs1)N1CCCC1CCc1noc(-c2cccnc2)n1. The van der Waals surface area contributed by atoms with Gasteiger partial charge >= 0.3 is 0 Å². The van der Waals surface area contributed by atoms with Crippen molar-refractivity contribution in [2.24, 2.45) is 0 Å². The summed E-state index contributed by atoms with van der Waals surface area (Å²) in [7, 11) is -3.41. The molecule has 0 bridgehead atoms. The summed E-state index contributed by atoms with van der Waals surface area (Å²) in [6.45, 7) is 0.568. The highest BCUT2D eigenvalue weighted by Gasteiger charge is 2.35. The van der Waals surface area contributed by atoms with Crippen LogP contribution in [0.1, 0.15) is 25.1 Å². The lowest BCUT2D eigenvalue weighted by atomic mass is 10.1. The largest absolute Gasteiger partial charge is 0.334 e. The first kappa shape index (κ1) is 17.3. The van der Waals surface area contributed by atoms with Gasteiger partial charge in [0.2, 0.25) is 0 Å². The summed E-state index contributed by atoms with van der Waals surface area (Å²) >= 11 is 1.26. The second-order valence-electron chi connectivity index (χ2n) is 6.14. The molecule has 4 rings (SSSR count). The van der Waals surface area contributed by atoms with E-state index in [0.29, 0.717) is 35.3 Å². The number of sulfonamides is 1. The zero-order valence-electron chi connectivity index (χ0n) is 14.0. The summed E-state index contributed by atoms with van der Waals surface area (Å²) < 4.78 is 32.9. The summed E-state index contributed by atoms with van der Waals surface area (Å²) in [5.41, 5.74) is 0.772. The second kappa shape index (κ2) is 7.26. The molecule has 1 aliphatic rings. The van der Waals surface area contributed by atoms with E-state index >= 15 is 0 Å². The van der Waals surface area contributed by atoms with E-state index in [2.05, 4.69) is 15.1 Å². The smallest absolute Gasteiger partial charge is 0.259 e. The third kappa shape index (κ3) is 3.42. The predicted octanol–water partition coefficient (Wildman–Crippen LogP) is 2.98. The van der Waals surface area contributed by atoms with Gasteiger partial charge in [0.1, 0.15) is 4.21 Å². The fourth-order valence-electron chi connectivity index (χ4n) is 3.20. The first-order valence-electron chi connectivity index (χ1n) is 8.43. The summed E-state index contributed by atoms with van der Waals surface area (Å²) in [6, 6.07) is 7.07. The van der Waals surface area contributed by atoms with Crippen molar-refractivity contribution in [2.45, 2.75) is 35.9 Å². The van der Waals surface area contributed by atoms with Gasteiger partial charge in [-0.3, -0.25) is 4.98 Å². The predicted molar refractivity (Wildman–Crippen MR) is 97.1 cm³/mol. The quantitative estimate of drug-likeness (QED) is 0.643. The van der Waals surface area contributed by atoms with Gasteiger partial charge < -0.3 is 4.52 Å². The number of aromatic nitrogens is 3. The summed E-state index contributed by atoms with van der Waals surface area (Å²) in [6.07, 6.45) is 6.34. The fourth-order valence-corrected chi connectivity index (χ4v) is 6.04. The molecule has 0 N–H and O–H groups in total. The van der Waals surface area contributed by atoms with Crippen molar-refractivity contribution >= 4 is 21.4 Å². The lowest BCUT2D eigenvalue weighted by molar-refractivity contribution is 0.365. The van der Waals surface area contributed by atoms with Gasteiger partial charge in [-0.1, -0.05) is 11.2 Å². The van der Waals surface area contributed by atoms with Crippen LogP contribution in [0.3, 0.4) is 0 Å². The molecule has 1 saturated heterocycles. The topological polar surface area (TPSA) is 89.2 Å². The van der Waals surface area contributed by atoms with Crippen LogP contribution in [0.2, 0.25) is 0 Å². The summed E-state index contributed by atoms with van der Waals surface area (Å²) in [4.78, 5) is 8.44. The number of hydrogen-bond donors (Lipinski definition) is 0. The minimum atomic E-state index is -3.41. The number of pyridine rings is 1. The second-order valence-corrected chi connectivity index (χ2v) is 9.21. The van der Waals surface area contributed by atoms with E-state index in [9.17, 15) is 8.42 Å². The third-order valence-electron chi connectivity index (χ3n) is 4.46. The van der Waals surface area contributed by atoms with E-state index < -0.39 is 10.0 Å². The zero-order valence-corrected chi connectivity index (χ0v) is 15.6. The molecule has 0 saturated carbocycles. The summed E-state index contributed by atoms with van der Waals surface area (Å²) in [5, 5.41) is 5.80. The van der Waals surface area contributed by atoms with Crippen LogP contribution in [0.25, 0.3) is 11.5 Å². The summed E-state index contributed by atoms with van der Waals surface area (Å²) in [5.74, 6) is 1.02. The van der Waals surface area contributed by atoms with E-state index in [0.717, 1.165) is 18.4 Å². The van der Waals surface area contributed by atoms with Crippen molar-refractivity contribution < 1.29 is 12.9 Å². The van der Waals surface area contributed by atoms with E-state index in [1.165, 1.54) is 11.3 Å². The minimum absolute atomic E-state index is 0.0255. The molecule has 7 nitrogen and oxygen atoms in total. The van der Waals surface area contributed by atoms with Gasteiger partial charge in [-0.15, -0.1) is 11.3 Å². The van der Waals surface area contributed by atoms with Crippen molar-refractivity contribution in [2.75, 3.05) is 6.54 Å². The van der Waals surface area contributed by atoms with Gasteiger partial charge in [-0.25, -0.2) is 8.42 Å². The molecule has 1 fully saturated rings. The van der Waals surface area contributed by atoms with Gasteiger partial charge in [0.25, 0.3) is 15.9 Å². The highest BCUT2D eigenvalue weighted by molar-refractivity contribution is 7.91. The first-order valence-corrected chi connectivity index (χ1v) is 10.7. The Morgan fingerprint density at radius 3 is 3.00 bits per heavy atom. The molecule has 136 valence electrons. The lowest BCUT2D eigenvalue weighted by Gasteiger charge is -2.22. The van der Waals surface area contributed by atoms with Gasteiger partial charge in [0, 0.05) is 31.4 Å².